The van der Waals surface area contributed by atoms with Gasteiger partial charge in [-0.15, -0.1) is 0 Å². The lowest BCUT2D eigenvalue weighted by Gasteiger charge is -2.25. The van der Waals surface area contributed by atoms with Gasteiger partial charge in [-0.05, 0) is 43.6 Å². The molecule has 1 atom stereocenters. The zero-order chi connectivity index (χ0) is 15.8. The summed E-state index contributed by atoms with van der Waals surface area (Å²) >= 11 is 1.72. The van der Waals surface area contributed by atoms with Crippen LogP contribution >= 0.6 is 11.8 Å². The number of rotatable bonds is 5. The van der Waals surface area contributed by atoms with Crippen LogP contribution in [-0.2, 0) is 0 Å². The average molecular weight is 309 g/mol. The molecule has 0 heterocycles. The first kappa shape index (κ1) is 17.5. The normalized spacial score (nSPS) is 11.5. The molecule has 0 aliphatic carbocycles. The Balaban J connectivity index is 3.02. The summed E-state index contributed by atoms with van der Waals surface area (Å²) in [5, 5.41) is 8.76. The van der Waals surface area contributed by atoms with Gasteiger partial charge in [0.25, 0.3) is 5.91 Å². The number of amides is 1. The van der Waals surface area contributed by atoms with E-state index in [1.807, 2.05) is 13.2 Å². The Hall–Kier alpha value is -1.51. The smallest absolute Gasteiger partial charge is 0.255 e. The van der Waals surface area contributed by atoms with Crippen LogP contribution in [0.4, 0.5) is 4.39 Å². The van der Waals surface area contributed by atoms with E-state index in [2.05, 4.69) is 11.8 Å². The quantitative estimate of drug-likeness (QED) is 0.849. The molecule has 3 nitrogen and oxygen atoms in total. The second-order valence-corrected chi connectivity index (χ2v) is 5.68. The number of carbonyl (C=O) groups is 1. The summed E-state index contributed by atoms with van der Waals surface area (Å²) in [7, 11) is 1.71. The Kier molecular flexibility index (Phi) is 7.27. The van der Waals surface area contributed by atoms with Crippen LogP contribution in [0, 0.1) is 17.7 Å². The molecule has 0 bridgehead atoms. The SMILES string of the molecule is CSCCC(C)N(C)C(=O)c1cc(F)ccc1C#CCO. The predicted octanol–water partition coefficient (Wildman–Crippen LogP) is 2.38. The van der Waals surface area contributed by atoms with Crippen molar-refractivity contribution in [2.75, 3.05) is 25.7 Å². The molecule has 0 aliphatic heterocycles. The summed E-state index contributed by atoms with van der Waals surface area (Å²) < 4.78 is 13.4. The van der Waals surface area contributed by atoms with E-state index in [0.29, 0.717) is 5.56 Å². The highest BCUT2D eigenvalue weighted by Crippen LogP contribution is 2.16. The molecule has 1 aromatic carbocycles. The second kappa shape index (κ2) is 8.71. The first-order chi connectivity index (χ1) is 10.0. The molecule has 21 heavy (non-hydrogen) atoms. The Morgan fingerprint density at radius 1 is 1.52 bits per heavy atom. The predicted molar refractivity (Wildman–Crippen MR) is 84.9 cm³/mol. The number of aliphatic hydroxyl groups excluding tert-OH is 1. The van der Waals surface area contributed by atoms with Crippen LogP contribution in [0.2, 0.25) is 0 Å². The molecular weight excluding hydrogens is 289 g/mol. The van der Waals surface area contributed by atoms with Gasteiger partial charge in [0, 0.05) is 18.7 Å². The fraction of sp³-hybridized carbons (Fsp3) is 0.438. The van der Waals surface area contributed by atoms with Crippen molar-refractivity contribution < 1.29 is 14.3 Å². The number of benzene rings is 1. The van der Waals surface area contributed by atoms with Gasteiger partial charge >= 0.3 is 0 Å². The van der Waals surface area contributed by atoms with E-state index in [1.54, 1.807) is 23.7 Å². The third kappa shape index (κ3) is 5.07. The van der Waals surface area contributed by atoms with Crippen molar-refractivity contribution in [3.63, 3.8) is 0 Å². The molecule has 114 valence electrons. The lowest BCUT2D eigenvalue weighted by molar-refractivity contribution is 0.0740. The van der Waals surface area contributed by atoms with E-state index in [0.717, 1.165) is 12.2 Å². The first-order valence-electron chi connectivity index (χ1n) is 6.66. The molecule has 0 spiro atoms. The molecule has 0 saturated carbocycles. The first-order valence-corrected chi connectivity index (χ1v) is 8.06. The summed E-state index contributed by atoms with van der Waals surface area (Å²) in [5.41, 5.74) is 0.661. The Morgan fingerprint density at radius 3 is 2.86 bits per heavy atom. The lowest BCUT2D eigenvalue weighted by Crippen LogP contribution is -2.35. The fourth-order valence-corrected chi connectivity index (χ4v) is 2.39. The molecule has 1 amide bonds. The highest BCUT2D eigenvalue weighted by molar-refractivity contribution is 7.98. The van der Waals surface area contributed by atoms with E-state index >= 15 is 0 Å². The molecule has 1 unspecified atom stereocenters. The number of nitrogens with zero attached hydrogens (tertiary/aromatic N) is 1. The highest BCUT2D eigenvalue weighted by Gasteiger charge is 2.20. The lowest BCUT2D eigenvalue weighted by atomic mass is 10.1. The molecular formula is C16H20FNO2S. The largest absolute Gasteiger partial charge is 0.384 e. The molecule has 0 aromatic heterocycles. The molecule has 5 heteroatoms. The maximum absolute atomic E-state index is 13.4. The van der Waals surface area contributed by atoms with Gasteiger partial charge in [0.2, 0.25) is 0 Å². The van der Waals surface area contributed by atoms with Crippen molar-refractivity contribution in [1.82, 2.24) is 4.90 Å². The van der Waals surface area contributed by atoms with Crippen LogP contribution in [0.5, 0.6) is 0 Å². The number of hydrogen-bond donors (Lipinski definition) is 1. The molecule has 0 aliphatic rings. The fourth-order valence-electron chi connectivity index (χ4n) is 1.81. The standard InChI is InChI=1S/C16H20FNO2S/c1-12(8-10-21-3)18(2)16(20)15-11-14(17)7-6-13(15)5-4-9-19/h6-7,11-12,19H,8-10H2,1-3H3. The number of aliphatic hydroxyl groups is 1. The summed E-state index contributed by atoms with van der Waals surface area (Å²) in [5.74, 6) is 5.41. The van der Waals surface area contributed by atoms with Crippen molar-refractivity contribution >= 4 is 17.7 Å². The summed E-state index contributed by atoms with van der Waals surface area (Å²) in [6.07, 6.45) is 2.89. The molecule has 1 N–H and O–H groups in total. The van der Waals surface area contributed by atoms with Gasteiger partial charge in [-0.1, -0.05) is 11.8 Å². The van der Waals surface area contributed by atoms with Crippen LogP contribution < -0.4 is 0 Å². The maximum Gasteiger partial charge on any atom is 0.255 e. The third-order valence-corrected chi connectivity index (χ3v) is 3.88. The minimum absolute atomic E-state index is 0.0619. The average Bonchev–Trinajstić information content (AvgIpc) is 2.49. The molecule has 0 radical (unpaired) electrons. The van der Waals surface area contributed by atoms with E-state index in [4.69, 9.17) is 5.11 Å². The second-order valence-electron chi connectivity index (χ2n) is 4.70. The van der Waals surface area contributed by atoms with Crippen LogP contribution in [0.15, 0.2) is 18.2 Å². The molecule has 1 rings (SSSR count). The number of hydrogen-bond acceptors (Lipinski definition) is 3. The molecule has 0 saturated heterocycles. The Labute approximate surface area is 129 Å². The number of thioether (sulfide) groups is 1. The van der Waals surface area contributed by atoms with Crippen LogP contribution in [0.3, 0.4) is 0 Å². The van der Waals surface area contributed by atoms with Gasteiger partial charge in [-0.3, -0.25) is 4.79 Å². The minimum Gasteiger partial charge on any atom is -0.384 e. The van der Waals surface area contributed by atoms with E-state index in [1.165, 1.54) is 18.2 Å². The summed E-state index contributed by atoms with van der Waals surface area (Å²) in [6, 6.07) is 3.98. The Morgan fingerprint density at radius 2 is 2.24 bits per heavy atom. The van der Waals surface area contributed by atoms with E-state index in [9.17, 15) is 9.18 Å². The van der Waals surface area contributed by atoms with Gasteiger partial charge in [0.1, 0.15) is 12.4 Å². The zero-order valence-corrected chi connectivity index (χ0v) is 13.3. The third-order valence-electron chi connectivity index (χ3n) is 3.24. The minimum atomic E-state index is -0.474. The van der Waals surface area contributed by atoms with Crippen LogP contribution in [-0.4, -0.2) is 47.6 Å². The van der Waals surface area contributed by atoms with Gasteiger partial charge in [0.05, 0.1) is 5.56 Å². The summed E-state index contributed by atoms with van der Waals surface area (Å²) in [4.78, 5) is 14.1. The topological polar surface area (TPSA) is 40.5 Å². The van der Waals surface area contributed by atoms with Crippen molar-refractivity contribution in [3.05, 3.63) is 35.1 Å². The van der Waals surface area contributed by atoms with Crippen molar-refractivity contribution in [3.8, 4) is 11.8 Å². The number of halogens is 1. The number of carbonyl (C=O) groups excluding carboxylic acids is 1. The monoisotopic (exact) mass is 309 g/mol. The van der Waals surface area contributed by atoms with Gasteiger partial charge in [0.15, 0.2) is 0 Å². The van der Waals surface area contributed by atoms with E-state index in [-0.39, 0.29) is 24.1 Å². The highest BCUT2D eigenvalue weighted by atomic mass is 32.2. The molecule has 0 fully saturated rings. The van der Waals surface area contributed by atoms with Crippen LogP contribution in [0.25, 0.3) is 0 Å². The van der Waals surface area contributed by atoms with Gasteiger partial charge in [-0.25, -0.2) is 4.39 Å². The van der Waals surface area contributed by atoms with Gasteiger partial charge < -0.3 is 10.0 Å². The Bertz CT molecular complexity index is 551. The molecule has 1 aromatic rings. The van der Waals surface area contributed by atoms with E-state index < -0.39 is 5.82 Å². The van der Waals surface area contributed by atoms with Crippen molar-refractivity contribution in [1.29, 1.82) is 0 Å². The maximum atomic E-state index is 13.4. The van der Waals surface area contributed by atoms with Gasteiger partial charge in [-0.2, -0.15) is 11.8 Å². The van der Waals surface area contributed by atoms with Crippen molar-refractivity contribution in [2.24, 2.45) is 0 Å². The summed E-state index contributed by atoms with van der Waals surface area (Å²) in [6.45, 7) is 1.66. The zero-order valence-electron chi connectivity index (χ0n) is 12.5. The van der Waals surface area contributed by atoms with Crippen molar-refractivity contribution in [2.45, 2.75) is 19.4 Å². The van der Waals surface area contributed by atoms with Crippen LogP contribution in [0.1, 0.15) is 29.3 Å².